The van der Waals surface area contributed by atoms with E-state index in [-0.39, 0.29) is 0 Å². The van der Waals surface area contributed by atoms with Gasteiger partial charge in [-0.25, -0.2) is 0 Å². The molecular formula is C16H17NO. The second-order valence-electron chi connectivity index (χ2n) is 3.98. The van der Waals surface area contributed by atoms with Crippen molar-refractivity contribution in [2.75, 3.05) is 0 Å². The molecule has 0 saturated carbocycles. The fourth-order valence-electron chi connectivity index (χ4n) is 1.29. The van der Waals surface area contributed by atoms with Crippen molar-refractivity contribution in [3.63, 3.8) is 0 Å². The lowest BCUT2D eigenvalue weighted by molar-refractivity contribution is 0.481. The van der Waals surface area contributed by atoms with Crippen molar-refractivity contribution in [2.45, 2.75) is 20.3 Å². The maximum Gasteiger partial charge on any atom is 0.126 e. The largest absolute Gasteiger partial charge is 0.465 e. The highest BCUT2D eigenvalue weighted by Gasteiger charge is 1.93. The normalized spacial score (nSPS) is 10.5. The van der Waals surface area contributed by atoms with E-state index in [2.05, 4.69) is 6.07 Å². The summed E-state index contributed by atoms with van der Waals surface area (Å²) < 4.78 is 5.38. The van der Waals surface area contributed by atoms with E-state index in [0.29, 0.717) is 6.42 Å². The third kappa shape index (κ3) is 5.18. The maximum atomic E-state index is 8.86. The minimum atomic E-state index is 0.661. The van der Waals surface area contributed by atoms with Gasteiger partial charge in [0.15, 0.2) is 0 Å². The van der Waals surface area contributed by atoms with Gasteiger partial charge < -0.3 is 4.74 Å². The van der Waals surface area contributed by atoms with Crippen LogP contribution in [0.4, 0.5) is 0 Å². The molecule has 0 spiro atoms. The lowest BCUT2D eigenvalue weighted by atomic mass is 10.1. The monoisotopic (exact) mass is 239 g/mol. The van der Waals surface area contributed by atoms with Gasteiger partial charge >= 0.3 is 0 Å². The molecule has 2 nitrogen and oxygen atoms in total. The molecule has 0 aliphatic carbocycles. The van der Waals surface area contributed by atoms with Gasteiger partial charge in [0.05, 0.1) is 12.3 Å². The van der Waals surface area contributed by atoms with Crippen LogP contribution in [0.2, 0.25) is 0 Å². The van der Waals surface area contributed by atoms with Crippen LogP contribution in [-0.4, -0.2) is 0 Å². The summed E-state index contributed by atoms with van der Waals surface area (Å²) in [4.78, 5) is 0. The summed E-state index contributed by atoms with van der Waals surface area (Å²) in [5.41, 5.74) is 1.87. The van der Waals surface area contributed by atoms with Crippen molar-refractivity contribution in [2.24, 2.45) is 0 Å². The molecule has 0 bridgehead atoms. The van der Waals surface area contributed by atoms with E-state index in [9.17, 15) is 0 Å². The first-order chi connectivity index (χ1) is 8.74. The molecule has 0 atom stereocenters. The highest BCUT2D eigenvalue weighted by molar-refractivity contribution is 5.28. The molecule has 1 rings (SSSR count). The lowest BCUT2D eigenvalue weighted by Gasteiger charge is -1.97. The van der Waals surface area contributed by atoms with Crippen LogP contribution in [0.25, 0.3) is 0 Å². The average molecular weight is 239 g/mol. The maximum absolute atomic E-state index is 8.86. The third-order valence-corrected chi connectivity index (χ3v) is 2.33. The first-order valence-corrected chi connectivity index (χ1v) is 5.84. The second kappa shape index (κ2) is 7.92. The summed E-state index contributed by atoms with van der Waals surface area (Å²) in [6.07, 6.45) is 7.92. The predicted octanol–water partition coefficient (Wildman–Crippen LogP) is 4.39. The number of nitrogens with zero attached hydrogens (tertiary/aromatic N) is 1. The Hall–Kier alpha value is -2.27. The van der Waals surface area contributed by atoms with Crippen LogP contribution in [0.3, 0.4) is 0 Å². The molecule has 0 unspecified atom stereocenters. The van der Waals surface area contributed by atoms with Crippen LogP contribution in [0.5, 0.6) is 5.75 Å². The van der Waals surface area contributed by atoms with Crippen LogP contribution >= 0.6 is 0 Å². The van der Waals surface area contributed by atoms with E-state index < -0.39 is 0 Å². The van der Waals surface area contributed by atoms with Crippen molar-refractivity contribution >= 4 is 0 Å². The van der Waals surface area contributed by atoms with Gasteiger partial charge in [-0.1, -0.05) is 35.9 Å². The molecule has 0 aliphatic heterocycles. The molecule has 0 fully saturated rings. The molecule has 0 aromatic heterocycles. The summed E-state index contributed by atoms with van der Waals surface area (Å²) in [6, 6.07) is 11.8. The Labute approximate surface area is 109 Å². The van der Waals surface area contributed by atoms with Crippen LogP contribution < -0.4 is 4.74 Å². The van der Waals surface area contributed by atoms with Crippen molar-refractivity contribution in [1.82, 2.24) is 0 Å². The average Bonchev–Trinajstić information content (AvgIpc) is 2.38. The minimum Gasteiger partial charge on any atom is -0.465 e. The van der Waals surface area contributed by atoms with Crippen molar-refractivity contribution in [3.8, 4) is 11.8 Å². The van der Waals surface area contributed by atoms with Crippen molar-refractivity contribution in [3.05, 3.63) is 66.0 Å². The highest BCUT2D eigenvalue weighted by Crippen LogP contribution is 2.09. The number of rotatable bonds is 5. The standard InChI is InChI=1S/C16H17NO/c1-14(2)15(13-17)9-5-4-8-12-18-16-10-6-3-7-11-16/h3-8,10-12H,9H2,1-2H3/b5-4+,12-8+. The van der Waals surface area contributed by atoms with E-state index in [1.165, 1.54) is 0 Å². The highest BCUT2D eigenvalue weighted by atomic mass is 16.5. The van der Waals surface area contributed by atoms with Gasteiger partial charge in [-0.05, 0) is 32.1 Å². The van der Waals surface area contributed by atoms with Crippen LogP contribution in [-0.2, 0) is 0 Å². The van der Waals surface area contributed by atoms with E-state index in [1.54, 1.807) is 6.26 Å². The van der Waals surface area contributed by atoms with E-state index >= 15 is 0 Å². The van der Waals surface area contributed by atoms with E-state index in [4.69, 9.17) is 10.00 Å². The molecule has 18 heavy (non-hydrogen) atoms. The second-order valence-corrected chi connectivity index (χ2v) is 3.98. The van der Waals surface area contributed by atoms with Gasteiger partial charge in [-0.3, -0.25) is 0 Å². The fourth-order valence-corrected chi connectivity index (χ4v) is 1.29. The van der Waals surface area contributed by atoms with Gasteiger partial charge in [0, 0.05) is 12.0 Å². The zero-order valence-electron chi connectivity index (χ0n) is 10.8. The SMILES string of the molecule is CC(C)=C(C#N)C/C=C/C=C/Oc1ccccc1. The molecule has 2 heteroatoms. The van der Waals surface area contributed by atoms with Crippen LogP contribution in [0, 0.1) is 11.3 Å². The summed E-state index contributed by atoms with van der Waals surface area (Å²) >= 11 is 0. The van der Waals surface area contributed by atoms with Gasteiger partial charge in [0.2, 0.25) is 0 Å². The minimum absolute atomic E-state index is 0.661. The summed E-state index contributed by atoms with van der Waals surface area (Å²) in [7, 11) is 0. The van der Waals surface area contributed by atoms with Gasteiger partial charge in [-0.2, -0.15) is 5.26 Å². The fraction of sp³-hybridized carbons (Fsp3) is 0.188. The van der Waals surface area contributed by atoms with Gasteiger partial charge in [0.1, 0.15) is 5.75 Å². The molecule has 0 heterocycles. The Morgan fingerprint density at radius 2 is 1.94 bits per heavy atom. The number of hydrogen-bond acceptors (Lipinski definition) is 2. The van der Waals surface area contributed by atoms with Gasteiger partial charge in [0.25, 0.3) is 0 Å². The number of nitriles is 1. The number of ether oxygens (including phenoxy) is 1. The topological polar surface area (TPSA) is 33.0 Å². The first-order valence-electron chi connectivity index (χ1n) is 5.84. The first kappa shape index (κ1) is 13.8. The molecule has 1 aromatic rings. The van der Waals surface area contributed by atoms with Crippen LogP contribution in [0.15, 0.2) is 66.0 Å². The molecule has 0 saturated heterocycles. The molecule has 92 valence electrons. The number of benzene rings is 1. The summed E-state index contributed by atoms with van der Waals surface area (Å²) in [6.45, 7) is 3.89. The quantitative estimate of drug-likeness (QED) is 0.434. The van der Waals surface area contributed by atoms with Crippen LogP contribution in [0.1, 0.15) is 20.3 Å². The molecule has 0 N–H and O–H groups in total. The Bertz CT molecular complexity index is 486. The number of hydrogen-bond donors (Lipinski definition) is 0. The molecule has 0 aliphatic rings. The number of para-hydroxylation sites is 1. The Morgan fingerprint density at radius 1 is 1.22 bits per heavy atom. The van der Waals surface area contributed by atoms with E-state index in [0.717, 1.165) is 16.9 Å². The molecule has 0 amide bonds. The number of allylic oxidation sites excluding steroid dienone is 5. The zero-order valence-corrected chi connectivity index (χ0v) is 10.8. The smallest absolute Gasteiger partial charge is 0.126 e. The lowest BCUT2D eigenvalue weighted by Crippen LogP contribution is -1.80. The molecule has 1 aromatic carbocycles. The zero-order chi connectivity index (χ0) is 13.2. The third-order valence-electron chi connectivity index (χ3n) is 2.33. The summed E-state index contributed by atoms with van der Waals surface area (Å²) in [5, 5.41) is 8.86. The van der Waals surface area contributed by atoms with Crippen molar-refractivity contribution in [1.29, 1.82) is 5.26 Å². The Morgan fingerprint density at radius 3 is 2.56 bits per heavy atom. The van der Waals surface area contributed by atoms with Crippen molar-refractivity contribution < 1.29 is 4.74 Å². The van der Waals surface area contributed by atoms with E-state index in [1.807, 2.05) is 62.4 Å². The summed E-state index contributed by atoms with van der Waals surface area (Å²) in [5.74, 6) is 0.809. The predicted molar refractivity (Wildman–Crippen MR) is 74.0 cm³/mol. The van der Waals surface area contributed by atoms with Gasteiger partial charge in [-0.15, -0.1) is 0 Å². The molecule has 0 radical (unpaired) electrons. The Kier molecular flexibility index (Phi) is 6.07. The molecular weight excluding hydrogens is 222 g/mol. The Balaban J connectivity index is 2.38.